The van der Waals surface area contributed by atoms with E-state index in [0.717, 1.165) is 76.8 Å². The van der Waals surface area contributed by atoms with Gasteiger partial charge in [-0.1, -0.05) is 186 Å². The van der Waals surface area contributed by atoms with Crippen molar-refractivity contribution in [2.45, 2.75) is 246 Å². The summed E-state index contributed by atoms with van der Waals surface area (Å²) >= 11 is 0. The monoisotopic (exact) mass is 1730 g/mol. The van der Waals surface area contributed by atoms with E-state index < -0.39 is 10.1 Å². The molecule has 0 heterocycles. The van der Waals surface area contributed by atoms with Gasteiger partial charge in [-0.2, -0.15) is 8.42 Å². The summed E-state index contributed by atoms with van der Waals surface area (Å²) in [6.07, 6.45) is 36.0. The molecule has 0 aromatic carbocycles. The van der Waals surface area contributed by atoms with Crippen LogP contribution in [-0.4, -0.2) is 181 Å². The molecule has 5 aliphatic rings. The van der Waals surface area contributed by atoms with Gasteiger partial charge in [0.1, 0.15) is 39.7 Å². The molecular formula is C100H178O20S. The average Bonchev–Trinajstić information content (AvgIpc) is 0.795. The summed E-state index contributed by atoms with van der Waals surface area (Å²) in [6, 6.07) is 0. The van der Waals surface area contributed by atoms with Crippen molar-refractivity contribution in [2.24, 2.45) is 142 Å². The number of aliphatic hydroxyl groups excluding tert-OH is 1. The molecule has 0 unspecified atom stereocenters. The molecule has 0 amide bonds. The van der Waals surface area contributed by atoms with Gasteiger partial charge >= 0.3 is 0 Å². The highest BCUT2D eigenvalue weighted by Gasteiger charge is 2.45. The normalized spacial score (nSPS) is 26.4. The Kier molecular flexibility index (Phi) is 63.2. The predicted octanol–water partition coefficient (Wildman–Crippen LogP) is 21.5. The first-order valence-electron chi connectivity index (χ1n) is 44.9. The zero-order valence-electron chi connectivity index (χ0n) is 81.5. The van der Waals surface area contributed by atoms with Crippen molar-refractivity contribution >= 4 is 22.7 Å². The second-order valence-corrected chi connectivity index (χ2v) is 37.9. The molecule has 704 valence electrons. The van der Waals surface area contributed by atoms with Gasteiger partial charge in [-0.3, -0.25) is 4.18 Å². The summed E-state index contributed by atoms with van der Waals surface area (Å²) in [7, 11) is 11.5. The summed E-state index contributed by atoms with van der Waals surface area (Å²) in [5.41, 5.74) is 6.80. The van der Waals surface area contributed by atoms with Crippen LogP contribution in [-0.2, 0) is 90.2 Å². The van der Waals surface area contributed by atoms with Crippen LogP contribution in [0.2, 0.25) is 0 Å². The molecule has 0 aromatic rings. The molecule has 0 radical (unpaired) electrons. The van der Waals surface area contributed by atoms with Crippen molar-refractivity contribution in [3.63, 3.8) is 0 Å². The van der Waals surface area contributed by atoms with Crippen molar-refractivity contribution in [1.29, 1.82) is 0 Å². The van der Waals surface area contributed by atoms with Crippen LogP contribution in [0.3, 0.4) is 0 Å². The largest absolute Gasteiger partial charge is 0.476 e. The lowest BCUT2D eigenvalue weighted by atomic mass is 9.65. The van der Waals surface area contributed by atoms with E-state index in [2.05, 4.69) is 193 Å². The zero-order valence-corrected chi connectivity index (χ0v) is 82.3. The van der Waals surface area contributed by atoms with Gasteiger partial charge in [0.15, 0.2) is 19.4 Å². The third kappa shape index (κ3) is 41.3. The van der Waals surface area contributed by atoms with E-state index in [-0.39, 0.29) is 106 Å². The number of aldehydes is 2. The molecule has 0 spiro atoms. The third-order valence-corrected chi connectivity index (χ3v) is 26.9. The highest BCUT2D eigenvalue weighted by molar-refractivity contribution is 7.86. The summed E-state index contributed by atoms with van der Waals surface area (Å²) in [4.78, 5) is 22.7. The van der Waals surface area contributed by atoms with Crippen LogP contribution in [0.15, 0.2) is 121 Å². The Balaban J connectivity index is 0.00000146. The van der Waals surface area contributed by atoms with Crippen molar-refractivity contribution in [3.8, 4) is 0 Å². The van der Waals surface area contributed by atoms with E-state index in [1.54, 1.807) is 70.3 Å². The number of hydrogen-bond acceptors (Lipinski definition) is 20. The lowest BCUT2D eigenvalue weighted by Gasteiger charge is -2.44. The molecule has 0 saturated carbocycles. The number of ether oxygens (including phenoxy) is 14. The van der Waals surface area contributed by atoms with Gasteiger partial charge in [0, 0.05) is 94.8 Å². The minimum atomic E-state index is -3.45. The van der Waals surface area contributed by atoms with E-state index >= 15 is 0 Å². The highest BCUT2D eigenvalue weighted by Crippen LogP contribution is 2.49. The second kappa shape index (κ2) is 65.4. The third-order valence-electron chi connectivity index (χ3n) is 26.3. The first-order valence-corrected chi connectivity index (χ1v) is 46.7. The standard InChI is InChI=1S/C21H38O4.C20H36O5S.C19H34O3.C19H32O3.C15H26O3.C6H12O2/c1-9-19(25-13-22-6)16(5)12-18-15(4)10-11-17(14(2)3)20(18)21(23-7)24-8;1-8-20(24-13-23-6)16(5)11-18-15(4)9-10-17(14(2)3)19(18)12-25-26(7,21)22;2*1-7-19(22-12-21-6)15(5)10-17-14(4)8-9-16(13(2)3)18(17)11-20;1-10(2)12-7-6-11(3)13(8-9-16)14(12)15(17-4)18-5;1-3-4-5-8-6-7-2/h9-10,14,16-21H,1,11-13H2,2-8H3;8-9,14,16-20H,1,10-13H2,2-7H3;7-8,13,15-20H,1,9-12H2,2-6H3;7-8,11,13,15-19H,1,9-10,12H2,2-6H3;6,9-10,12-15H,7-8H2,1-5H3;4-5H,3,6H2,1-2H3/b;;;;;5-4-/t16-,17+,18-,19-,20+;16-,17+,18-,19+,20-;2*15-,16+,17-,18+,19-;12-,13+,14-;/m00001./s1. The number of hydrogen-bond donors (Lipinski definition) is 1. The SMILES string of the molecule is C=C[C@H](OCOC)[C@@H](C)C[C@H]1C(C)=CC[C@H](C(C)C)[C@H]1C(OC)OC.C=C[C@H](OCOC)[C@@H](C)C[C@H]1C(C)=CC[C@H](C(C)C)[C@H]1C=O.C=C[C@H](OCOC)[C@@H](C)C[C@H]1C(C)=CC[C@H](C(C)C)[C@H]1CO.C=C[C@H](OCOC)[C@@H](C)C[C@H]1C(C)=CC[C@H](C(C)C)[C@H]1COS(C)(=O)=O.CC/C=C\OCOC.COC(OC)[C@@H]1[C@@H](C(C)C)CC=C(C)[C@@H]1CC=O. The maximum absolute atomic E-state index is 11.7. The number of methoxy groups -OCH3 is 9. The molecular weight excluding hydrogens is 1550 g/mol. The Labute approximate surface area is 739 Å². The summed E-state index contributed by atoms with van der Waals surface area (Å²) in [5, 5.41) is 9.95. The van der Waals surface area contributed by atoms with Gasteiger partial charge in [-0.15, -0.1) is 26.3 Å². The number of rotatable bonds is 50. The fourth-order valence-electron chi connectivity index (χ4n) is 19.2. The molecule has 0 fully saturated rings. The lowest BCUT2D eigenvalue weighted by molar-refractivity contribution is -0.168. The van der Waals surface area contributed by atoms with Crippen LogP contribution >= 0.6 is 0 Å². The van der Waals surface area contributed by atoms with Crippen LogP contribution in [0.25, 0.3) is 0 Å². The van der Waals surface area contributed by atoms with Gasteiger partial charge < -0.3 is 81.0 Å². The topological polar surface area (TPSA) is 227 Å². The van der Waals surface area contributed by atoms with E-state index in [4.69, 9.17) is 65.8 Å². The number of allylic oxidation sites excluding steroid dienone is 11. The van der Waals surface area contributed by atoms with Crippen molar-refractivity contribution < 1.29 is 93.6 Å². The van der Waals surface area contributed by atoms with E-state index in [0.29, 0.717) is 127 Å². The molecule has 21 heteroatoms. The highest BCUT2D eigenvalue weighted by atomic mass is 32.2. The van der Waals surface area contributed by atoms with Crippen molar-refractivity contribution in [1.82, 2.24) is 0 Å². The maximum atomic E-state index is 11.7. The van der Waals surface area contributed by atoms with Gasteiger partial charge in [-0.25, -0.2) is 0 Å². The van der Waals surface area contributed by atoms with Crippen LogP contribution < -0.4 is 0 Å². The fraction of sp³-hybridized carbons (Fsp3) is 0.780. The fourth-order valence-corrected chi connectivity index (χ4v) is 19.6. The predicted molar refractivity (Wildman–Crippen MR) is 494 cm³/mol. The Bertz CT molecular complexity index is 3070. The molecule has 23 atom stereocenters. The van der Waals surface area contributed by atoms with Crippen LogP contribution in [0.1, 0.15) is 209 Å². The summed E-state index contributed by atoms with van der Waals surface area (Å²) < 4.78 is 103. The van der Waals surface area contributed by atoms with E-state index in [1.165, 1.54) is 34.2 Å². The second-order valence-electron chi connectivity index (χ2n) is 36.2. The maximum Gasteiger partial charge on any atom is 0.264 e. The quantitative estimate of drug-likeness (QED) is 0.0149. The summed E-state index contributed by atoms with van der Waals surface area (Å²) in [5.74, 6) is 9.30. The molecule has 0 aromatic heterocycles. The minimum Gasteiger partial charge on any atom is -0.476 e. The Morgan fingerprint density at radius 3 is 1.02 bits per heavy atom. The van der Waals surface area contributed by atoms with Crippen LogP contribution in [0, 0.1) is 142 Å². The Morgan fingerprint density at radius 1 is 0.421 bits per heavy atom. The Morgan fingerprint density at radius 2 is 0.719 bits per heavy atom. The van der Waals surface area contributed by atoms with Crippen LogP contribution in [0.5, 0.6) is 0 Å². The van der Waals surface area contributed by atoms with Gasteiger partial charge in [0.2, 0.25) is 0 Å². The molecule has 0 saturated heterocycles. The summed E-state index contributed by atoms with van der Waals surface area (Å²) in [6.45, 7) is 61.5. The number of carbonyl (C=O) groups is 2. The minimum absolute atomic E-state index is 0.00785. The molecule has 1 N–H and O–H groups in total. The lowest BCUT2D eigenvalue weighted by Crippen LogP contribution is -2.42. The van der Waals surface area contributed by atoms with Gasteiger partial charge in [0.05, 0.1) is 43.5 Å². The molecule has 5 rings (SSSR count). The molecule has 0 bridgehead atoms. The smallest absolute Gasteiger partial charge is 0.264 e. The average molecular weight is 1730 g/mol. The zero-order chi connectivity index (χ0) is 92.2. The number of carbonyl (C=O) groups excluding carboxylic acids is 2. The first-order chi connectivity index (χ1) is 57.4. The van der Waals surface area contributed by atoms with Crippen molar-refractivity contribution in [3.05, 3.63) is 121 Å². The molecule has 5 aliphatic carbocycles. The Hall–Kier alpha value is -4.11. The molecule has 20 nitrogen and oxygen atoms in total. The van der Waals surface area contributed by atoms with Crippen molar-refractivity contribution in [2.75, 3.05) is 117 Å². The van der Waals surface area contributed by atoms with E-state index in [1.807, 2.05) is 37.3 Å². The number of aliphatic hydroxyl groups is 1. The van der Waals surface area contributed by atoms with Crippen LogP contribution in [0.4, 0.5) is 0 Å². The molecule has 121 heavy (non-hydrogen) atoms. The molecule has 0 aliphatic heterocycles. The van der Waals surface area contributed by atoms with Gasteiger partial charge in [0.25, 0.3) is 10.1 Å². The van der Waals surface area contributed by atoms with Gasteiger partial charge in [-0.05, 0) is 229 Å². The first kappa shape index (κ1) is 117. The van der Waals surface area contributed by atoms with E-state index in [9.17, 15) is 23.1 Å².